The number of anilines is 1. The third kappa shape index (κ3) is 7.01. The zero-order valence-electron chi connectivity index (χ0n) is 22.1. The van der Waals surface area contributed by atoms with Crippen molar-refractivity contribution in [2.45, 2.75) is 29.1 Å². The Kier molecular flexibility index (Phi) is 9.24. The molecular weight excluding hydrogens is 536 g/mol. The molecule has 5 rings (SSSR count). The van der Waals surface area contributed by atoms with E-state index in [-0.39, 0.29) is 29.0 Å². The van der Waals surface area contributed by atoms with E-state index in [1.54, 1.807) is 12.1 Å². The number of fused-ring (bicyclic) bond motifs is 1. The lowest BCUT2D eigenvalue weighted by atomic mass is 9.90. The number of nitrogens with zero attached hydrogens (tertiary/aromatic N) is 3. The molecule has 1 N–H and O–H groups in total. The highest BCUT2D eigenvalue weighted by molar-refractivity contribution is 8.00. The van der Waals surface area contributed by atoms with Crippen molar-refractivity contribution in [3.63, 3.8) is 0 Å². The van der Waals surface area contributed by atoms with Gasteiger partial charge in [-0.3, -0.25) is 9.59 Å². The molecular formula is C28H36N4O5S2. The van der Waals surface area contributed by atoms with E-state index >= 15 is 0 Å². The average Bonchev–Trinajstić information content (AvgIpc) is 2.96. The van der Waals surface area contributed by atoms with Gasteiger partial charge < -0.3 is 19.9 Å². The molecule has 2 aromatic carbocycles. The predicted molar refractivity (Wildman–Crippen MR) is 151 cm³/mol. The minimum Gasteiger partial charge on any atom is -0.379 e. The minimum absolute atomic E-state index is 0.125. The monoisotopic (exact) mass is 572 g/mol. The molecule has 39 heavy (non-hydrogen) atoms. The van der Waals surface area contributed by atoms with E-state index in [1.807, 2.05) is 6.07 Å². The van der Waals surface area contributed by atoms with Crippen molar-refractivity contribution >= 4 is 39.3 Å². The number of nitrogens with one attached hydrogen (secondary N) is 1. The Labute approximate surface area is 234 Å². The van der Waals surface area contributed by atoms with Gasteiger partial charge in [-0.2, -0.15) is 4.31 Å². The Balaban J connectivity index is 1.13. The minimum atomic E-state index is -3.71. The van der Waals surface area contributed by atoms with Crippen molar-refractivity contribution in [3.05, 3.63) is 54.1 Å². The number of thioether (sulfide) groups is 1. The van der Waals surface area contributed by atoms with Crippen LogP contribution in [0.25, 0.3) is 0 Å². The SMILES string of the molecule is O=C(CN1C(=O)CSc2ccc(S(=O)(=O)N3CCOCC3)cc21)NCCN1CCC(Cc2ccccc2)CC1. The zero-order chi connectivity index (χ0) is 27.2. The van der Waals surface area contributed by atoms with Crippen molar-refractivity contribution < 1.29 is 22.7 Å². The first-order valence-electron chi connectivity index (χ1n) is 13.6. The van der Waals surface area contributed by atoms with Crippen molar-refractivity contribution in [1.29, 1.82) is 0 Å². The van der Waals surface area contributed by atoms with Crippen LogP contribution in [0.2, 0.25) is 0 Å². The van der Waals surface area contributed by atoms with Gasteiger partial charge in [0.1, 0.15) is 6.54 Å². The fraction of sp³-hybridized carbons (Fsp3) is 0.500. The maximum absolute atomic E-state index is 13.2. The van der Waals surface area contributed by atoms with Crippen LogP contribution in [-0.4, -0.2) is 94.2 Å². The van der Waals surface area contributed by atoms with Gasteiger partial charge >= 0.3 is 0 Å². The number of rotatable bonds is 9. The highest BCUT2D eigenvalue weighted by atomic mass is 32.2. The van der Waals surface area contributed by atoms with Gasteiger partial charge in [-0.1, -0.05) is 30.3 Å². The third-order valence-corrected chi connectivity index (χ3v) is 10.5. The molecule has 0 atom stereocenters. The van der Waals surface area contributed by atoms with Crippen molar-refractivity contribution in [2.75, 3.05) is 69.7 Å². The zero-order valence-corrected chi connectivity index (χ0v) is 23.7. The first kappa shape index (κ1) is 28.1. The van der Waals surface area contributed by atoms with Crippen LogP contribution < -0.4 is 10.2 Å². The number of hydrogen-bond acceptors (Lipinski definition) is 7. The van der Waals surface area contributed by atoms with Gasteiger partial charge in [-0.25, -0.2) is 8.42 Å². The van der Waals surface area contributed by atoms with E-state index in [2.05, 4.69) is 34.5 Å². The molecule has 2 fully saturated rings. The van der Waals surface area contributed by atoms with Crippen LogP contribution in [0.3, 0.4) is 0 Å². The van der Waals surface area contributed by atoms with Gasteiger partial charge in [0.05, 0.1) is 29.5 Å². The molecule has 210 valence electrons. The predicted octanol–water partition coefficient (Wildman–Crippen LogP) is 2.22. The molecule has 9 nitrogen and oxygen atoms in total. The molecule has 3 aliphatic rings. The highest BCUT2D eigenvalue weighted by Gasteiger charge is 2.31. The van der Waals surface area contributed by atoms with Crippen molar-refractivity contribution in [2.24, 2.45) is 5.92 Å². The number of carbonyl (C=O) groups excluding carboxylic acids is 2. The second-order valence-electron chi connectivity index (χ2n) is 10.2. The molecule has 11 heteroatoms. The molecule has 2 amide bonds. The van der Waals surface area contributed by atoms with Crippen molar-refractivity contribution in [3.8, 4) is 0 Å². The lowest BCUT2D eigenvalue weighted by molar-refractivity contribution is -0.123. The fourth-order valence-electron chi connectivity index (χ4n) is 5.37. The van der Waals surface area contributed by atoms with E-state index in [0.717, 1.165) is 43.8 Å². The summed E-state index contributed by atoms with van der Waals surface area (Å²) in [5.74, 6) is 0.456. The summed E-state index contributed by atoms with van der Waals surface area (Å²) in [6, 6.07) is 15.4. The van der Waals surface area contributed by atoms with Gasteiger partial charge in [0.25, 0.3) is 0 Å². The smallest absolute Gasteiger partial charge is 0.243 e. The number of carbonyl (C=O) groups is 2. The van der Waals surface area contributed by atoms with Crippen LogP contribution >= 0.6 is 11.8 Å². The lowest BCUT2D eigenvalue weighted by Gasteiger charge is -2.32. The van der Waals surface area contributed by atoms with Gasteiger partial charge in [0.15, 0.2) is 0 Å². The molecule has 2 saturated heterocycles. The molecule has 0 aromatic heterocycles. The van der Waals surface area contributed by atoms with Gasteiger partial charge in [-0.15, -0.1) is 11.8 Å². The Bertz CT molecular complexity index is 1260. The summed E-state index contributed by atoms with van der Waals surface area (Å²) >= 11 is 1.36. The topological polar surface area (TPSA) is 99.3 Å². The molecule has 0 spiro atoms. The fourth-order valence-corrected chi connectivity index (χ4v) is 7.71. The number of likely N-dealkylation sites (tertiary alicyclic amines) is 1. The number of morpholine rings is 1. The summed E-state index contributed by atoms with van der Waals surface area (Å²) in [5.41, 5.74) is 1.86. The summed E-state index contributed by atoms with van der Waals surface area (Å²) < 4.78 is 33.0. The molecule has 3 heterocycles. The van der Waals surface area contributed by atoms with Crippen LogP contribution in [-0.2, 0) is 30.8 Å². The summed E-state index contributed by atoms with van der Waals surface area (Å²) in [6.45, 7) is 4.49. The number of piperidine rings is 1. The first-order chi connectivity index (χ1) is 18.9. The van der Waals surface area contributed by atoms with E-state index in [0.29, 0.717) is 44.5 Å². The standard InChI is InChI=1S/C28H36N4O5S2/c33-27(29-10-13-30-11-8-23(9-12-30)18-22-4-2-1-3-5-22)20-32-25-19-24(6-7-26(25)38-21-28(32)34)39(35,36)31-14-16-37-17-15-31/h1-7,19,23H,8-18,20-21H2,(H,29,33). The summed E-state index contributed by atoms with van der Waals surface area (Å²) in [4.78, 5) is 30.3. The number of benzene rings is 2. The number of hydrogen-bond donors (Lipinski definition) is 1. The summed E-state index contributed by atoms with van der Waals surface area (Å²) in [7, 11) is -3.71. The lowest BCUT2D eigenvalue weighted by Crippen LogP contribution is -2.45. The number of ether oxygens (including phenoxy) is 1. The van der Waals surface area contributed by atoms with Crippen LogP contribution in [0.15, 0.2) is 58.3 Å². The first-order valence-corrected chi connectivity index (χ1v) is 16.0. The maximum atomic E-state index is 13.2. The Morgan fingerprint density at radius 2 is 1.77 bits per heavy atom. The van der Waals surface area contributed by atoms with E-state index in [1.165, 1.54) is 32.6 Å². The van der Waals surface area contributed by atoms with E-state index < -0.39 is 10.0 Å². The molecule has 0 aliphatic carbocycles. The second kappa shape index (κ2) is 12.8. The number of amides is 2. The van der Waals surface area contributed by atoms with Crippen molar-refractivity contribution in [1.82, 2.24) is 14.5 Å². The Morgan fingerprint density at radius 1 is 1.03 bits per heavy atom. The summed E-state index contributed by atoms with van der Waals surface area (Å²) in [5, 5.41) is 2.95. The molecule has 0 bridgehead atoms. The van der Waals surface area contributed by atoms with Crippen LogP contribution in [0.1, 0.15) is 18.4 Å². The maximum Gasteiger partial charge on any atom is 0.243 e. The molecule has 0 saturated carbocycles. The van der Waals surface area contributed by atoms with Crippen LogP contribution in [0.4, 0.5) is 5.69 Å². The normalized spacial score (nSPS) is 19.6. The van der Waals surface area contributed by atoms with Crippen LogP contribution in [0, 0.1) is 5.92 Å². The molecule has 3 aliphatic heterocycles. The largest absolute Gasteiger partial charge is 0.379 e. The number of sulfonamides is 1. The average molecular weight is 573 g/mol. The van der Waals surface area contributed by atoms with Gasteiger partial charge in [0.2, 0.25) is 21.8 Å². The van der Waals surface area contributed by atoms with Gasteiger partial charge in [0, 0.05) is 31.1 Å². The Morgan fingerprint density at radius 3 is 2.51 bits per heavy atom. The van der Waals surface area contributed by atoms with E-state index in [4.69, 9.17) is 4.74 Å². The Hall–Kier alpha value is -2.44. The molecule has 0 radical (unpaired) electrons. The van der Waals surface area contributed by atoms with Gasteiger partial charge in [-0.05, 0) is 62.0 Å². The summed E-state index contributed by atoms with van der Waals surface area (Å²) in [6.07, 6.45) is 3.41. The molecule has 2 aromatic rings. The quantitative estimate of drug-likeness (QED) is 0.492. The third-order valence-electron chi connectivity index (χ3n) is 7.61. The highest BCUT2D eigenvalue weighted by Crippen LogP contribution is 2.37. The van der Waals surface area contributed by atoms with Crippen LogP contribution in [0.5, 0.6) is 0 Å². The second-order valence-corrected chi connectivity index (χ2v) is 13.2. The van der Waals surface area contributed by atoms with E-state index in [9.17, 15) is 18.0 Å². The molecule has 0 unspecified atom stereocenters.